The Bertz CT molecular complexity index is 1150. The number of imide groups is 1. The highest BCUT2D eigenvalue weighted by Crippen LogP contribution is 2.31. The normalized spacial score (nSPS) is 11.0. The van der Waals surface area contributed by atoms with E-state index in [4.69, 9.17) is 9.47 Å². The molecule has 0 fully saturated rings. The van der Waals surface area contributed by atoms with Gasteiger partial charge < -0.3 is 14.8 Å². The highest BCUT2D eigenvalue weighted by Gasteiger charge is 2.30. The fourth-order valence-electron chi connectivity index (χ4n) is 2.94. The predicted octanol–water partition coefficient (Wildman–Crippen LogP) is 5.37. The molecule has 178 valence electrons. The SMILES string of the molecule is COc1cccc(OC)c1C(=O)NC(=O)Nc1ccc(SCc2cccc(C(F)(F)F)c2)nc1. The molecule has 3 aromatic rings. The van der Waals surface area contributed by atoms with Gasteiger partial charge in [-0.2, -0.15) is 13.2 Å². The molecule has 0 saturated carbocycles. The lowest BCUT2D eigenvalue weighted by Gasteiger charge is -2.13. The number of ether oxygens (including phenoxy) is 2. The summed E-state index contributed by atoms with van der Waals surface area (Å²) >= 11 is 1.25. The van der Waals surface area contributed by atoms with Crippen LogP contribution in [0.15, 0.2) is 65.8 Å². The number of hydrogen-bond acceptors (Lipinski definition) is 6. The van der Waals surface area contributed by atoms with Gasteiger partial charge in [-0.1, -0.05) is 24.3 Å². The lowest BCUT2D eigenvalue weighted by atomic mass is 10.1. The maximum Gasteiger partial charge on any atom is 0.416 e. The molecule has 0 aliphatic heterocycles. The summed E-state index contributed by atoms with van der Waals surface area (Å²) in [6.45, 7) is 0. The fourth-order valence-corrected chi connectivity index (χ4v) is 3.72. The molecule has 0 saturated heterocycles. The number of methoxy groups -OCH3 is 2. The molecular weight excluding hydrogens is 471 g/mol. The van der Waals surface area contributed by atoms with Crippen molar-refractivity contribution in [3.8, 4) is 11.5 Å². The van der Waals surface area contributed by atoms with Crippen LogP contribution in [0.4, 0.5) is 23.7 Å². The Hall–Kier alpha value is -3.73. The van der Waals surface area contributed by atoms with Crippen molar-refractivity contribution in [1.29, 1.82) is 0 Å². The highest BCUT2D eigenvalue weighted by molar-refractivity contribution is 7.98. The summed E-state index contributed by atoms with van der Waals surface area (Å²) < 4.78 is 48.8. The van der Waals surface area contributed by atoms with Crippen molar-refractivity contribution in [3.05, 3.63) is 77.5 Å². The number of nitrogens with zero attached hydrogens (tertiary/aromatic N) is 1. The van der Waals surface area contributed by atoms with Crippen LogP contribution < -0.4 is 20.1 Å². The second-order valence-electron chi connectivity index (χ2n) is 6.82. The van der Waals surface area contributed by atoms with Crippen molar-refractivity contribution in [2.45, 2.75) is 17.0 Å². The number of nitrogens with one attached hydrogen (secondary N) is 2. The molecule has 34 heavy (non-hydrogen) atoms. The fraction of sp³-hybridized carbons (Fsp3) is 0.174. The van der Waals surface area contributed by atoms with Gasteiger partial charge >= 0.3 is 12.2 Å². The van der Waals surface area contributed by atoms with Crippen LogP contribution in [-0.4, -0.2) is 31.1 Å². The van der Waals surface area contributed by atoms with Crippen LogP contribution in [-0.2, 0) is 11.9 Å². The lowest BCUT2D eigenvalue weighted by molar-refractivity contribution is -0.137. The van der Waals surface area contributed by atoms with Crippen LogP contribution in [0.5, 0.6) is 11.5 Å². The van der Waals surface area contributed by atoms with E-state index in [-0.39, 0.29) is 17.1 Å². The number of urea groups is 1. The molecule has 0 aliphatic carbocycles. The minimum Gasteiger partial charge on any atom is -0.496 e. The number of carbonyl (C=O) groups excluding carboxylic acids is 2. The van der Waals surface area contributed by atoms with E-state index in [1.165, 1.54) is 38.2 Å². The van der Waals surface area contributed by atoms with E-state index in [2.05, 4.69) is 15.6 Å². The van der Waals surface area contributed by atoms with Crippen molar-refractivity contribution in [3.63, 3.8) is 0 Å². The maximum atomic E-state index is 12.8. The number of alkyl halides is 3. The minimum absolute atomic E-state index is 0.0714. The average molecular weight is 491 g/mol. The van der Waals surface area contributed by atoms with Gasteiger partial charge in [0.1, 0.15) is 17.1 Å². The molecular formula is C23H20F3N3O4S. The van der Waals surface area contributed by atoms with Crippen LogP contribution in [0.2, 0.25) is 0 Å². The van der Waals surface area contributed by atoms with Crippen LogP contribution in [0.25, 0.3) is 0 Å². The van der Waals surface area contributed by atoms with Gasteiger partial charge in [-0.05, 0) is 35.9 Å². The highest BCUT2D eigenvalue weighted by atomic mass is 32.2. The Balaban J connectivity index is 1.58. The summed E-state index contributed by atoms with van der Waals surface area (Å²) in [6, 6.07) is 12.2. The van der Waals surface area contributed by atoms with E-state index in [1.54, 1.807) is 36.4 Å². The smallest absolute Gasteiger partial charge is 0.416 e. The second kappa shape index (κ2) is 10.9. The predicted molar refractivity (Wildman–Crippen MR) is 121 cm³/mol. The number of thioether (sulfide) groups is 1. The third-order valence-electron chi connectivity index (χ3n) is 4.52. The van der Waals surface area contributed by atoms with Gasteiger partial charge in [0.15, 0.2) is 0 Å². The number of carbonyl (C=O) groups is 2. The largest absolute Gasteiger partial charge is 0.496 e. The van der Waals surface area contributed by atoms with Crippen LogP contribution in [0.1, 0.15) is 21.5 Å². The number of amides is 3. The Morgan fingerprint density at radius 2 is 1.68 bits per heavy atom. The maximum absolute atomic E-state index is 12.8. The van der Waals surface area contributed by atoms with E-state index in [0.29, 0.717) is 22.0 Å². The van der Waals surface area contributed by atoms with Gasteiger partial charge in [-0.25, -0.2) is 9.78 Å². The summed E-state index contributed by atoms with van der Waals surface area (Å²) in [7, 11) is 2.79. The number of benzene rings is 2. The molecule has 2 aromatic carbocycles. The molecule has 7 nitrogen and oxygen atoms in total. The summed E-state index contributed by atoms with van der Waals surface area (Å²) in [5.74, 6) is 0.0642. The molecule has 3 rings (SSSR count). The van der Waals surface area contributed by atoms with Gasteiger partial charge in [0.25, 0.3) is 5.91 Å². The molecule has 3 amide bonds. The zero-order valence-electron chi connectivity index (χ0n) is 18.1. The van der Waals surface area contributed by atoms with Crippen molar-refractivity contribution < 1.29 is 32.2 Å². The minimum atomic E-state index is -4.40. The molecule has 0 radical (unpaired) electrons. The van der Waals surface area contributed by atoms with Crippen LogP contribution in [0.3, 0.4) is 0 Å². The topological polar surface area (TPSA) is 89.5 Å². The molecule has 0 bridgehead atoms. The first-order valence-electron chi connectivity index (χ1n) is 9.79. The standard InChI is InChI=1S/C23H20F3N3O4S/c1-32-17-7-4-8-18(33-2)20(17)21(30)29-22(31)28-16-9-10-19(27-12-16)34-13-14-5-3-6-15(11-14)23(24,25)26/h3-12H,13H2,1-2H3,(H2,28,29,30,31). The molecule has 0 unspecified atom stereocenters. The van der Waals surface area contributed by atoms with Crippen molar-refractivity contribution in [2.75, 3.05) is 19.5 Å². The first-order valence-corrected chi connectivity index (χ1v) is 10.8. The number of anilines is 1. The van der Waals surface area contributed by atoms with E-state index in [0.717, 1.165) is 12.1 Å². The molecule has 2 N–H and O–H groups in total. The molecule has 0 aliphatic rings. The zero-order valence-corrected chi connectivity index (χ0v) is 18.9. The van der Waals surface area contributed by atoms with Crippen LogP contribution in [0, 0.1) is 0 Å². The first-order chi connectivity index (χ1) is 16.2. The third kappa shape index (κ3) is 6.41. The van der Waals surface area contributed by atoms with E-state index in [9.17, 15) is 22.8 Å². The lowest BCUT2D eigenvalue weighted by Crippen LogP contribution is -2.34. The van der Waals surface area contributed by atoms with E-state index in [1.807, 2.05) is 0 Å². The monoisotopic (exact) mass is 491 g/mol. The number of pyridine rings is 1. The van der Waals surface area contributed by atoms with Gasteiger partial charge in [0, 0.05) is 5.75 Å². The first kappa shape index (κ1) is 24.9. The summed E-state index contributed by atoms with van der Waals surface area (Å²) in [5, 5.41) is 5.25. The Morgan fingerprint density at radius 3 is 2.26 bits per heavy atom. The molecule has 1 heterocycles. The number of rotatable bonds is 7. The second-order valence-corrected chi connectivity index (χ2v) is 7.81. The average Bonchev–Trinajstić information content (AvgIpc) is 2.82. The third-order valence-corrected chi connectivity index (χ3v) is 5.53. The quantitative estimate of drug-likeness (QED) is 0.432. The van der Waals surface area contributed by atoms with E-state index < -0.39 is 23.7 Å². The van der Waals surface area contributed by atoms with Crippen LogP contribution >= 0.6 is 11.8 Å². The molecule has 11 heteroatoms. The Labute approximate surface area is 197 Å². The Kier molecular flexibility index (Phi) is 8.00. The summed E-state index contributed by atoms with van der Waals surface area (Å²) in [5.41, 5.74) is 0.195. The van der Waals surface area contributed by atoms with Crippen molar-refractivity contribution in [2.24, 2.45) is 0 Å². The molecule has 1 aromatic heterocycles. The summed E-state index contributed by atoms with van der Waals surface area (Å²) in [6.07, 6.45) is -3.02. The molecule has 0 spiro atoms. The molecule has 0 atom stereocenters. The summed E-state index contributed by atoms with van der Waals surface area (Å²) in [4.78, 5) is 29.0. The van der Waals surface area contributed by atoms with Gasteiger partial charge in [-0.15, -0.1) is 11.8 Å². The van der Waals surface area contributed by atoms with E-state index >= 15 is 0 Å². The van der Waals surface area contributed by atoms with Gasteiger partial charge in [-0.3, -0.25) is 10.1 Å². The number of aromatic nitrogens is 1. The Morgan fingerprint density at radius 1 is 1.00 bits per heavy atom. The van der Waals surface area contributed by atoms with Gasteiger partial charge in [0.05, 0.1) is 36.7 Å². The van der Waals surface area contributed by atoms with Gasteiger partial charge in [0.2, 0.25) is 0 Å². The zero-order chi connectivity index (χ0) is 24.7. The van der Waals surface area contributed by atoms with Crippen molar-refractivity contribution in [1.82, 2.24) is 10.3 Å². The van der Waals surface area contributed by atoms with Crippen molar-refractivity contribution >= 4 is 29.4 Å². The number of hydrogen-bond donors (Lipinski definition) is 2. The number of halogens is 3.